The molecule has 0 N–H and O–H groups in total. The van der Waals surface area contributed by atoms with Crippen molar-refractivity contribution in [3.63, 3.8) is 0 Å². The Morgan fingerprint density at radius 2 is 1.83 bits per heavy atom. The van der Waals surface area contributed by atoms with E-state index >= 15 is 0 Å². The Morgan fingerprint density at radius 1 is 1.33 bits per heavy atom. The molecule has 0 bridgehead atoms. The topological polar surface area (TPSA) is 0 Å². The minimum absolute atomic E-state index is 0. The van der Waals surface area contributed by atoms with Crippen molar-refractivity contribution in [2.75, 3.05) is 0 Å². The van der Waals surface area contributed by atoms with Crippen LogP contribution in [0.2, 0.25) is 0 Å². The van der Waals surface area contributed by atoms with E-state index in [-0.39, 0.29) is 18.9 Å². The van der Waals surface area contributed by atoms with Gasteiger partial charge in [0.05, 0.1) is 0 Å². The zero-order chi connectivity index (χ0) is 7.90. The summed E-state index contributed by atoms with van der Waals surface area (Å²) in [4.78, 5) is 1.43. The zero-order valence-corrected chi connectivity index (χ0v) is 9.06. The quantitative estimate of drug-likeness (QED) is 0.468. The van der Waals surface area contributed by atoms with Crippen LogP contribution in [0, 0.1) is 4.83 Å². The molecule has 1 unspecified atom stereocenters. The maximum atomic E-state index is 3.56. The summed E-state index contributed by atoms with van der Waals surface area (Å²) in [6.07, 6.45) is 1.19. The molecule has 0 saturated heterocycles. The van der Waals surface area contributed by atoms with Crippen molar-refractivity contribution in [1.29, 1.82) is 0 Å². The number of hydrogen-bond donors (Lipinski definition) is 0. The molecule has 1 aromatic carbocycles. The van der Waals surface area contributed by atoms with Crippen molar-refractivity contribution in [3.05, 3.63) is 40.7 Å². The Morgan fingerprint density at radius 3 is 2.25 bits per heavy atom. The molecular weight excluding hydrogens is 207 g/mol. The first-order valence-corrected chi connectivity index (χ1v) is 4.60. The van der Waals surface area contributed by atoms with Gasteiger partial charge in [0.1, 0.15) is 0 Å². The van der Waals surface area contributed by atoms with E-state index in [4.69, 9.17) is 0 Å². The molecule has 0 radical (unpaired) electrons. The molecule has 12 heavy (non-hydrogen) atoms. The second-order valence-corrected chi connectivity index (χ2v) is 4.24. The molecule has 0 aliphatic heterocycles. The number of halogens is 1. The van der Waals surface area contributed by atoms with Gasteiger partial charge in [0.2, 0.25) is 0 Å². The smallest absolute Gasteiger partial charge is 0.316 e. The standard InChI is InChI=1S/C10H10Br.Li/c1-10(7-9(10)11)8-5-3-2-4-6-8;/h2-6H,7H2,1H3;/q-1;+1. The van der Waals surface area contributed by atoms with Gasteiger partial charge in [-0.05, 0) is 0 Å². The third kappa shape index (κ3) is 1.64. The van der Waals surface area contributed by atoms with Crippen LogP contribution in [0.1, 0.15) is 18.9 Å². The summed E-state index contributed by atoms with van der Waals surface area (Å²) in [6.45, 7) is 2.27. The Balaban J connectivity index is 0.000000720. The summed E-state index contributed by atoms with van der Waals surface area (Å²) in [5, 5.41) is 0. The van der Waals surface area contributed by atoms with Gasteiger partial charge in [0.25, 0.3) is 0 Å². The molecule has 2 rings (SSSR count). The van der Waals surface area contributed by atoms with Gasteiger partial charge in [0, 0.05) is 0 Å². The van der Waals surface area contributed by atoms with Crippen molar-refractivity contribution >= 4 is 15.9 Å². The van der Waals surface area contributed by atoms with E-state index < -0.39 is 0 Å². The van der Waals surface area contributed by atoms with Gasteiger partial charge in [0.15, 0.2) is 0 Å². The fraction of sp³-hybridized carbons (Fsp3) is 0.300. The molecule has 58 valence electrons. The van der Waals surface area contributed by atoms with Crippen LogP contribution in [0.5, 0.6) is 0 Å². The molecule has 1 atom stereocenters. The third-order valence-electron chi connectivity index (χ3n) is 2.39. The van der Waals surface area contributed by atoms with Crippen LogP contribution in [-0.4, -0.2) is 0 Å². The van der Waals surface area contributed by atoms with E-state index in [0.717, 1.165) is 0 Å². The van der Waals surface area contributed by atoms with E-state index in [0.29, 0.717) is 5.41 Å². The molecule has 1 aromatic rings. The first-order chi connectivity index (χ1) is 5.23. The Kier molecular flexibility index (Phi) is 3.09. The fourth-order valence-electron chi connectivity index (χ4n) is 1.33. The second-order valence-electron chi connectivity index (χ2n) is 3.28. The van der Waals surface area contributed by atoms with E-state index in [1.807, 2.05) is 0 Å². The molecular formula is C10H10BrLi. The van der Waals surface area contributed by atoms with Crippen molar-refractivity contribution < 1.29 is 18.9 Å². The summed E-state index contributed by atoms with van der Waals surface area (Å²) in [7, 11) is 0. The molecule has 1 fully saturated rings. The first-order valence-electron chi connectivity index (χ1n) is 3.81. The van der Waals surface area contributed by atoms with Gasteiger partial charge in [-0.15, -0.1) is 5.41 Å². The van der Waals surface area contributed by atoms with Crippen LogP contribution in [0.25, 0.3) is 0 Å². The largest absolute Gasteiger partial charge is 1.00 e. The Hall–Kier alpha value is 0.297. The summed E-state index contributed by atoms with van der Waals surface area (Å²) >= 11 is 3.56. The van der Waals surface area contributed by atoms with E-state index in [9.17, 15) is 0 Å². The molecule has 0 aromatic heterocycles. The van der Waals surface area contributed by atoms with Crippen LogP contribution in [-0.2, 0) is 5.41 Å². The molecule has 1 saturated carbocycles. The SMILES string of the molecule is CC1(c2ccccc2)C[C-]1Br.[Li+]. The Labute approximate surface area is 94.1 Å². The molecule has 0 amide bonds. The molecule has 0 spiro atoms. The van der Waals surface area contributed by atoms with E-state index in [1.54, 1.807) is 0 Å². The molecule has 1 aliphatic carbocycles. The van der Waals surface area contributed by atoms with Crippen molar-refractivity contribution in [3.8, 4) is 0 Å². The minimum Gasteiger partial charge on any atom is -0.316 e. The van der Waals surface area contributed by atoms with Gasteiger partial charge in [-0.25, -0.2) is 4.83 Å². The van der Waals surface area contributed by atoms with Crippen LogP contribution >= 0.6 is 15.9 Å². The summed E-state index contributed by atoms with van der Waals surface area (Å²) in [5.74, 6) is 0. The monoisotopic (exact) mass is 216 g/mol. The van der Waals surface area contributed by atoms with Gasteiger partial charge in [-0.2, -0.15) is 6.42 Å². The van der Waals surface area contributed by atoms with Gasteiger partial charge < -0.3 is 15.9 Å². The number of rotatable bonds is 1. The summed E-state index contributed by atoms with van der Waals surface area (Å²) < 4.78 is 0. The number of hydrogen-bond acceptors (Lipinski definition) is 0. The minimum atomic E-state index is 0. The van der Waals surface area contributed by atoms with Crippen LogP contribution in [0.15, 0.2) is 30.3 Å². The predicted molar refractivity (Wildman–Crippen MR) is 50.6 cm³/mol. The van der Waals surface area contributed by atoms with E-state index in [2.05, 4.69) is 53.2 Å². The number of benzene rings is 1. The average molecular weight is 217 g/mol. The molecule has 2 heteroatoms. The van der Waals surface area contributed by atoms with Crippen LogP contribution < -0.4 is 18.9 Å². The molecule has 0 nitrogen and oxygen atoms in total. The summed E-state index contributed by atoms with van der Waals surface area (Å²) in [5.41, 5.74) is 1.76. The van der Waals surface area contributed by atoms with Gasteiger partial charge in [-0.1, -0.05) is 42.8 Å². The van der Waals surface area contributed by atoms with Crippen molar-refractivity contribution in [2.45, 2.75) is 18.8 Å². The zero-order valence-electron chi connectivity index (χ0n) is 7.47. The van der Waals surface area contributed by atoms with Crippen LogP contribution in [0.4, 0.5) is 0 Å². The van der Waals surface area contributed by atoms with Crippen molar-refractivity contribution in [1.82, 2.24) is 0 Å². The third-order valence-corrected chi connectivity index (χ3v) is 3.55. The second kappa shape index (κ2) is 3.58. The molecule has 0 heterocycles. The van der Waals surface area contributed by atoms with Crippen molar-refractivity contribution in [2.24, 2.45) is 0 Å². The first kappa shape index (κ1) is 10.4. The maximum Gasteiger partial charge on any atom is 1.00 e. The maximum absolute atomic E-state index is 3.56. The summed E-state index contributed by atoms with van der Waals surface area (Å²) in [6, 6.07) is 10.6. The normalized spacial score (nSPS) is 27.8. The predicted octanol–water partition coefficient (Wildman–Crippen LogP) is 0.279. The van der Waals surface area contributed by atoms with Gasteiger partial charge >= 0.3 is 18.9 Å². The van der Waals surface area contributed by atoms with Crippen LogP contribution in [0.3, 0.4) is 0 Å². The Bertz CT molecular complexity index is 260. The average Bonchev–Trinajstić information content (AvgIpc) is 2.64. The molecule has 1 aliphatic rings. The van der Waals surface area contributed by atoms with E-state index in [1.165, 1.54) is 16.8 Å². The fourth-order valence-corrected chi connectivity index (χ4v) is 2.12. The van der Waals surface area contributed by atoms with Gasteiger partial charge in [-0.3, -0.25) is 0 Å².